The number of carbonyl (C=O) groups excluding carboxylic acids is 3. The second kappa shape index (κ2) is 15.4. The fraction of sp³-hybridized carbons (Fsp3) is 0.286. The van der Waals surface area contributed by atoms with Gasteiger partial charge in [-0.15, -0.1) is 0 Å². The van der Waals surface area contributed by atoms with Crippen LogP contribution in [-0.4, -0.2) is 78.7 Å². The molecule has 1 amide bonds. The molecule has 3 unspecified atom stereocenters. The summed E-state index contributed by atoms with van der Waals surface area (Å²) in [6, 6.07) is 23.1. The first-order chi connectivity index (χ1) is 23.5. The molecule has 0 saturated carbocycles. The van der Waals surface area contributed by atoms with Crippen molar-refractivity contribution in [3.63, 3.8) is 0 Å². The van der Waals surface area contributed by atoms with Gasteiger partial charge in [-0.2, -0.15) is 4.31 Å². The van der Waals surface area contributed by atoms with Crippen molar-refractivity contribution in [2.45, 2.75) is 48.9 Å². The number of para-hydroxylation sites is 1. The number of sulfonamides is 1. The molecule has 1 aliphatic rings. The first-order valence-corrected chi connectivity index (χ1v) is 17.0. The van der Waals surface area contributed by atoms with Gasteiger partial charge in [0.2, 0.25) is 5.91 Å². The molecule has 1 heterocycles. The minimum Gasteiger partial charge on any atom is -0.467 e. The van der Waals surface area contributed by atoms with Crippen LogP contribution in [0.1, 0.15) is 24.0 Å². The highest BCUT2D eigenvalue weighted by Gasteiger charge is 2.49. The van der Waals surface area contributed by atoms with Crippen molar-refractivity contribution < 1.29 is 37.2 Å². The van der Waals surface area contributed by atoms with Gasteiger partial charge in [0.15, 0.2) is 4.90 Å². The molecule has 0 bridgehead atoms. The highest BCUT2D eigenvalue weighted by Crippen LogP contribution is 2.32. The number of nitro groups is 1. The highest BCUT2D eigenvalue weighted by molar-refractivity contribution is 7.89. The number of amides is 1. The van der Waals surface area contributed by atoms with Gasteiger partial charge in [-0.05, 0) is 34.4 Å². The van der Waals surface area contributed by atoms with E-state index in [9.17, 15) is 32.9 Å². The maximum absolute atomic E-state index is 14.4. The van der Waals surface area contributed by atoms with E-state index in [2.05, 4.69) is 0 Å². The molecule has 5 rings (SSSR count). The summed E-state index contributed by atoms with van der Waals surface area (Å²) in [5, 5.41) is 13.7. The number of hydrogen-bond acceptors (Lipinski definition) is 10. The minimum absolute atomic E-state index is 0.0127. The molecule has 0 aromatic heterocycles. The quantitative estimate of drug-likeness (QED) is 0.124. The Morgan fingerprint density at radius 1 is 0.939 bits per heavy atom. The van der Waals surface area contributed by atoms with Crippen molar-refractivity contribution in [3.8, 4) is 0 Å². The molecule has 13 nitrogen and oxygen atoms in total. The Morgan fingerprint density at radius 3 is 2.33 bits per heavy atom. The molecule has 4 aromatic rings. The standard InChI is InChI=1S/C35H36N4O9S/c1-47-35(42)30(22-25-15-16-26-11-5-6-12-27(26)21-25)37-19-20-38(49(45,46)31-14-8-7-13-29(31)39(43)44)33(34(37)41)28(36)17-18-32(40)48-23-24-9-3-2-4-10-24/h2-16,21,28,30,33H,17-20,22-23,36H2,1H3. The van der Waals surface area contributed by atoms with Crippen LogP contribution in [0.2, 0.25) is 0 Å². The summed E-state index contributed by atoms with van der Waals surface area (Å²) in [5.41, 5.74) is 7.36. The van der Waals surface area contributed by atoms with Crippen LogP contribution >= 0.6 is 0 Å². The van der Waals surface area contributed by atoms with Gasteiger partial charge in [-0.3, -0.25) is 19.7 Å². The lowest BCUT2D eigenvalue weighted by Gasteiger charge is -2.44. The van der Waals surface area contributed by atoms with Gasteiger partial charge in [-0.25, -0.2) is 13.2 Å². The lowest BCUT2D eigenvalue weighted by Crippen LogP contribution is -2.67. The number of ether oxygens (including phenoxy) is 2. The Labute approximate surface area is 283 Å². The number of nitrogens with two attached hydrogens (primary N) is 1. The van der Waals surface area contributed by atoms with Crippen LogP contribution in [0.5, 0.6) is 0 Å². The molecule has 1 aliphatic heterocycles. The molecule has 2 N–H and O–H groups in total. The van der Waals surface area contributed by atoms with Crippen LogP contribution in [0.4, 0.5) is 5.69 Å². The van der Waals surface area contributed by atoms with E-state index in [0.717, 1.165) is 38.3 Å². The summed E-state index contributed by atoms with van der Waals surface area (Å²) >= 11 is 0. The Hall–Kier alpha value is -5.18. The maximum atomic E-state index is 14.4. The Morgan fingerprint density at radius 2 is 1.61 bits per heavy atom. The first kappa shape index (κ1) is 35.1. The third kappa shape index (κ3) is 7.94. The summed E-state index contributed by atoms with van der Waals surface area (Å²) in [6.07, 6.45) is -0.336. The number of rotatable bonds is 13. The lowest BCUT2D eigenvalue weighted by atomic mass is 9.96. The Kier molecular flexibility index (Phi) is 11.0. The van der Waals surface area contributed by atoms with Crippen molar-refractivity contribution in [2.24, 2.45) is 5.73 Å². The molecular weight excluding hydrogens is 652 g/mol. The molecule has 4 aromatic carbocycles. The Balaban J connectivity index is 1.44. The summed E-state index contributed by atoms with van der Waals surface area (Å²) in [4.78, 5) is 51.9. The van der Waals surface area contributed by atoms with E-state index < -0.39 is 61.5 Å². The van der Waals surface area contributed by atoms with Crippen LogP contribution < -0.4 is 5.73 Å². The second-order valence-corrected chi connectivity index (χ2v) is 13.4. The predicted octanol–water partition coefficient (Wildman–Crippen LogP) is 3.58. The number of carbonyl (C=O) groups is 3. The first-order valence-electron chi connectivity index (χ1n) is 15.6. The summed E-state index contributed by atoms with van der Waals surface area (Å²) < 4.78 is 39.4. The monoisotopic (exact) mass is 688 g/mol. The average Bonchev–Trinajstić information content (AvgIpc) is 3.12. The van der Waals surface area contributed by atoms with Gasteiger partial charge < -0.3 is 20.1 Å². The van der Waals surface area contributed by atoms with Crippen LogP contribution in [0.15, 0.2) is 102 Å². The maximum Gasteiger partial charge on any atom is 0.328 e. The van der Waals surface area contributed by atoms with E-state index in [1.807, 2.05) is 48.5 Å². The summed E-state index contributed by atoms with van der Waals surface area (Å²) in [7, 11) is -3.48. The fourth-order valence-corrected chi connectivity index (χ4v) is 7.75. The van der Waals surface area contributed by atoms with Gasteiger partial charge in [0.25, 0.3) is 15.7 Å². The number of methoxy groups -OCH3 is 1. The predicted molar refractivity (Wildman–Crippen MR) is 179 cm³/mol. The van der Waals surface area contributed by atoms with Gasteiger partial charge in [0, 0.05) is 38.0 Å². The zero-order valence-electron chi connectivity index (χ0n) is 26.7. The van der Waals surface area contributed by atoms with Gasteiger partial charge >= 0.3 is 11.9 Å². The molecule has 0 spiro atoms. The normalized spacial score (nSPS) is 16.6. The molecule has 0 aliphatic carbocycles. The molecule has 3 atom stereocenters. The molecular formula is C35H36N4O9S. The zero-order chi connectivity index (χ0) is 35.1. The van der Waals surface area contributed by atoms with Crippen LogP contribution in [-0.2, 0) is 46.9 Å². The molecule has 256 valence electrons. The summed E-state index contributed by atoms with van der Waals surface area (Å²) in [6.45, 7) is -0.546. The number of fused-ring (bicyclic) bond motifs is 1. The minimum atomic E-state index is -4.68. The molecule has 0 radical (unpaired) electrons. The van der Waals surface area contributed by atoms with Crippen molar-refractivity contribution in [1.82, 2.24) is 9.21 Å². The number of benzene rings is 4. The number of esters is 2. The lowest BCUT2D eigenvalue weighted by molar-refractivity contribution is -0.387. The van der Waals surface area contributed by atoms with E-state index in [-0.39, 0.29) is 39.0 Å². The van der Waals surface area contributed by atoms with E-state index in [1.165, 1.54) is 24.1 Å². The van der Waals surface area contributed by atoms with E-state index in [1.54, 1.807) is 24.3 Å². The number of hydrogen-bond donors (Lipinski definition) is 1. The van der Waals surface area contributed by atoms with E-state index >= 15 is 0 Å². The molecule has 14 heteroatoms. The van der Waals surface area contributed by atoms with Crippen molar-refractivity contribution in [1.29, 1.82) is 0 Å². The van der Waals surface area contributed by atoms with Crippen LogP contribution in [0.3, 0.4) is 0 Å². The SMILES string of the molecule is COC(=O)C(Cc1ccc2ccccc2c1)N1CCN(S(=O)(=O)c2ccccc2[N+](=O)[O-])C(C(N)CCC(=O)OCc2ccccc2)C1=O. The summed E-state index contributed by atoms with van der Waals surface area (Å²) in [5.74, 6) is -2.13. The topological polar surface area (TPSA) is 179 Å². The highest BCUT2D eigenvalue weighted by atomic mass is 32.2. The smallest absolute Gasteiger partial charge is 0.328 e. The third-order valence-electron chi connectivity index (χ3n) is 8.48. The van der Waals surface area contributed by atoms with E-state index in [4.69, 9.17) is 15.2 Å². The number of piperazine rings is 1. The van der Waals surface area contributed by atoms with Gasteiger partial charge in [0.1, 0.15) is 18.7 Å². The number of nitrogens with zero attached hydrogens (tertiary/aromatic N) is 3. The number of nitro benzene ring substituents is 1. The molecule has 1 fully saturated rings. The molecule has 49 heavy (non-hydrogen) atoms. The van der Waals surface area contributed by atoms with E-state index in [0.29, 0.717) is 0 Å². The third-order valence-corrected chi connectivity index (χ3v) is 10.4. The fourth-order valence-electron chi connectivity index (χ4n) is 5.98. The van der Waals surface area contributed by atoms with Crippen LogP contribution in [0, 0.1) is 10.1 Å². The largest absolute Gasteiger partial charge is 0.467 e. The van der Waals surface area contributed by atoms with Crippen LogP contribution in [0.25, 0.3) is 10.8 Å². The second-order valence-electron chi connectivity index (χ2n) is 11.6. The van der Waals surface area contributed by atoms with Crippen molar-refractivity contribution in [3.05, 3.63) is 118 Å². The van der Waals surface area contributed by atoms with Gasteiger partial charge in [0.05, 0.1) is 12.0 Å². The van der Waals surface area contributed by atoms with Crippen molar-refractivity contribution >= 4 is 44.3 Å². The van der Waals surface area contributed by atoms with Crippen molar-refractivity contribution in [2.75, 3.05) is 20.2 Å². The Bertz CT molecular complexity index is 1960. The zero-order valence-corrected chi connectivity index (χ0v) is 27.5. The average molecular weight is 689 g/mol. The molecule has 1 saturated heterocycles. The van der Waals surface area contributed by atoms with Gasteiger partial charge in [-0.1, -0.05) is 84.9 Å².